The smallest absolute Gasteiger partial charge is 0.324 e. The first-order valence-electron chi connectivity index (χ1n) is 4.43. The van der Waals surface area contributed by atoms with Gasteiger partial charge in [-0.2, -0.15) is 0 Å². The molecule has 0 aromatic rings. The van der Waals surface area contributed by atoms with E-state index in [-0.39, 0.29) is 17.9 Å². The highest BCUT2D eigenvalue weighted by Crippen LogP contribution is 2.18. The Hall–Kier alpha value is -0.260. The summed E-state index contributed by atoms with van der Waals surface area (Å²) in [6, 6.07) is -0.342. The van der Waals surface area contributed by atoms with Gasteiger partial charge in [-0.3, -0.25) is 9.52 Å². The summed E-state index contributed by atoms with van der Waals surface area (Å²) in [7, 11) is 0. The van der Waals surface area contributed by atoms with E-state index in [1.807, 2.05) is 0 Å². The number of ether oxygens (including phenoxy) is 2. The lowest BCUT2D eigenvalue weighted by molar-refractivity contribution is -0.146. The van der Waals surface area contributed by atoms with Crippen molar-refractivity contribution >= 4 is 18.8 Å². The van der Waals surface area contributed by atoms with Gasteiger partial charge in [0.15, 0.2) is 0 Å². The second-order valence-electron chi connectivity index (χ2n) is 2.98. The maximum absolute atomic E-state index is 11.4. The molecule has 1 heterocycles. The van der Waals surface area contributed by atoms with E-state index >= 15 is 0 Å². The predicted octanol–water partition coefficient (Wildman–Crippen LogP) is 0.389. The Bertz CT molecular complexity index is 171. The minimum atomic E-state index is -0.342. The second kappa shape index (κ2) is 5.47. The molecule has 1 fully saturated rings. The molecule has 0 radical (unpaired) electrons. The van der Waals surface area contributed by atoms with Crippen LogP contribution in [0.5, 0.6) is 0 Å². The third-order valence-electron chi connectivity index (χ3n) is 2.12. The molecule has 0 aliphatic carbocycles. The molecule has 0 aromatic carbocycles. The monoisotopic (exact) mass is 205 g/mol. The van der Waals surface area contributed by atoms with Crippen LogP contribution in [0.1, 0.15) is 13.3 Å². The fraction of sp³-hybridized carbons (Fsp3) is 0.875. The Morgan fingerprint density at radius 3 is 3.08 bits per heavy atom. The van der Waals surface area contributed by atoms with E-state index in [0.29, 0.717) is 13.2 Å². The number of hydrogen-bond donors (Lipinski definition) is 2. The summed E-state index contributed by atoms with van der Waals surface area (Å²) in [5, 5.41) is 0. The van der Waals surface area contributed by atoms with Gasteiger partial charge in [-0.15, -0.1) is 0 Å². The molecule has 5 heteroatoms. The summed E-state index contributed by atoms with van der Waals surface area (Å²) in [6.07, 6.45) is 0.886. The van der Waals surface area contributed by atoms with Crippen LogP contribution in [0.15, 0.2) is 0 Å². The minimum absolute atomic E-state index is 0.191. The van der Waals surface area contributed by atoms with Gasteiger partial charge in [-0.1, -0.05) is 12.8 Å². The molecule has 0 unspecified atom stereocenters. The summed E-state index contributed by atoms with van der Waals surface area (Å²) in [6.45, 7) is 3.52. The van der Waals surface area contributed by atoms with Crippen LogP contribution in [-0.2, 0) is 14.3 Å². The van der Waals surface area contributed by atoms with E-state index in [4.69, 9.17) is 9.47 Å². The SMILES string of the molecule is CCOC(=O)[C@@H](NS)[C@H]1CCOC1. The number of carbonyl (C=O) groups excluding carboxylic acids is 1. The molecule has 0 aromatic heterocycles. The Balaban J connectivity index is 2.44. The zero-order valence-electron chi connectivity index (χ0n) is 7.66. The molecule has 1 aliphatic rings. The largest absolute Gasteiger partial charge is 0.465 e. The van der Waals surface area contributed by atoms with Gasteiger partial charge in [0.1, 0.15) is 6.04 Å². The lowest BCUT2D eigenvalue weighted by Gasteiger charge is -2.18. The lowest BCUT2D eigenvalue weighted by atomic mass is 10.0. The highest BCUT2D eigenvalue weighted by Gasteiger charge is 2.31. The van der Waals surface area contributed by atoms with E-state index in [2.05, 4.69) is 17.5 Å². The van der Waals surface area contributed by atoms with Crippen molar-refractivity contribution in [3.63, 3.8) is 0 Å². The molecule has 0 spiro atoms. The van der Waals surface area contributed by atoms with Crippen molar-refractivity contribution in [1.29, 1.82) is 0 Å². The number of thiol groups is 1. The molecule has 1 rings (SSSR count). The fourth-order valence-electron chi connectivity index (χ4n) is 1.40. The maximum Gasteiger partial charge on any atom is 0.324 e. The second-order valence-corrected chi connectivity index (χ2v) is 3.24. The van der Waals surface area contributed by atoms with Gasteiger partial charge in [0.25, 0.3) is 0 Å². The van der Waals surface area contributed by atoms with Crippen molar-refractivity contribution in [2.24, 2.45) is 5.92 Å². The summed E-state index contributed by atoms with van der Waals surface area (Å²) >= 11 is 3.92. The van der Waals surface area contributed by atoms with E-state index < -0.39 is 0 Å². The Morgan fingerprint density at radius 1 is 1.85 bits per heavy atom. The van der Waals surface area contributed by atoms with Crippen LogP contribution in [-0.4, -0.2) is 31.8 Å². The van der Waals surface area contributed by atoms with Gasteiger partial charge >= 0.3 is 5.97 Å². The van der Waals surface area contributed by atoms with Crippen LogP contribution in [0.4, 0.5) is 0 Å². The molecule has 1 saturated heterocycles. The molecule has 0 saturated carbocycles. The highest BCUT2D eigenvalue weighted by atomic mass is 32.1. The summed E-state index contributed by atoms with van der Waals surface area (Å²) < 4.78 is 12.8. The number of carbonyl (C=O) groups is 1. The Morgan fingerprint density at radius 2 is 2.62 bits per heavy atom. The Labute approximate surface area is 83.5 Å². The molecular weight excluding hydrogens is 190 g/mol. The van der Waals surface area contributed by atoms with Gasteiger partial charge < -0.3 is 9.47 Å². The number of nitrogens with one attached hydrogen (secondary N) is 1. The predicted molar refractivity (Wildman–Crippen MR) is 51.5 cm³/mol. The van der Waals surface area contributed by atoms with Crippen molar-refractivity contribution in [2.75, 3.05) is 19.8 Å². The van der Waals surface area contributed by atoms with Crippen LogP contribution in [0.2, 0.25) is 0 Å². The topological polar surface area (TPSA) is 47.6 Å². The third-order valence-corrected chi connectivity index (χ3v) is 2.39. The Kier molecular flexibility index (Phi) is 4.55. The molecule has 76 valence electrons. The quantitative estimate of drug-likeness (QED) is 0.515. The zero-order chi connectivity index (χ0) is 9.68. The van der Waals surface area contributed by atoms with Gasteiger partial charge in [-0.05, 0) is 13.3 Å². The van der Waals surface area contributed by atoms with Crippen molar-refractivity contribution in [2.45, 2.75) is 19.4 Å². The fourth-order valence-corrected chi connectivity index (χ4v) is 1.71. The van der Waals surface area contributed by atoms with Crippen LogP contribution in [0, 0.1) is 5.92 Å². The molecule has 0 amide bonds. The third kappa shape index (κ3) is 2.86. The molecule has 0 bridgehead atoms. The average molecular weight is 205 g/mol. The number of hydrogen-bond acceptors (Lipinski definition) is 5. The van der Waals surface area contributed by atoms with Crippen LogP contribution >= 0.6 is 12.8 Å². The first kappa shape index (κ1) is 10.8. The molecule has 2 atom stereocenters. The van der Waals surface area contributed by atoms with Gasteiger partial charge in [0, 0.05) is 12.5 Å². The maximum atomic E-state index is 11.4. The van der Waals surface area contributed by atoms with Crippen LogP contribution < -0.4 is 4.72 Å². The molecule has 1 N–H and O–H groups in total. The lowest BCUT2D eigenvalue weighted by Crippen LogP contribution is -2.40. The summed E-state index contributed by atoms with van der Waals surface area (Å²) in [5.41, 5.74) is 0. The summed E-state index contributed by atoms with van der Waals surface area (Å²) in [4.78, 5) is 11.4. The normalized spacial score (nSPS) is 24.3. The summed E-state index contributed by atoms with van der Waals surface area (Å²) in [5.74, 6) is -0.0513. The zero-order valence-corrected chi connectivity index (χ0v) is 8.55. The van der Waals surface area contributed by atoms with Crippen molar-refractivity contribution in [1.82, 2.24) is 4.72 Å². The molecule has 4 nitrogen and oxygen atoms in total. The molecular formula is C8H15NO3S. The highest BCUT2D eigenvalue weighted by molar-refractivity contribution is 7.78. The first-order valence-corrected chi connectivity index (χ1v) is 4.88. The van der Waals surface area contributed by atoms with Crippen LogP contribution in [0.3, 0.4) is 0 Å². The van der Waals surface area contributed by atoms with Crippen molar-refractivity contribution < 1.29 is 14.3 Å². The van der Waals surface area contributed by atoms with E-state index in [0.717, 1.165) is 13.0 Å². The standard InChI is InChI=1S/C8H15NO3S/c1-2-12-8(10)7(9-13)6-3-4-11-5-6/h6-7,9,13H,2-5H2,1H3/t6-,7-/m0/s1. The van der Waals surface area contributed by atoms with Gasteiger partial charge in [0.2, 0.25) is 0 Å². The molecule has 13 heavy (non-hydrogen) atoms. The average Bonchev–Trinajstić information content (AvgIpc) is 2.59. The first-order chi connectivity index (χ1) is 6.29. The van der Waals surface area contributed by atoms with E-state index in [1.165, 1.54) is 0 Å². The van der Waals surface area contributed by atoms with E-state index in [9.17, 15) is 4.79 Å². The number of esters is 1. The molecule has 1 aliphatic heterocycles. The van der Waals surface area contributed by atoms with Gasteiger partial charge in [-0.25, -0.2) is 0 Å². The van der Waals surface area contributed by atoms with E-state index in [1.54, 1.807) is 6.92 Å². The minimum Gasteiger partial charge on any atom is -0.465 e. The van der Waals surface area contributed by atoms with Crippen LogP contribution in [0.25, 0.3) is 0 Å². The van der Waals surface area contributed by atoms with Crippen molar-refractivity contribution in [3.8, 4) is 0 Å². The van der Waals surface area contributed by atoms with Crippen molar-refractivity contribution in [3.05, 3.63) is 0 Å². The van der Waals surface area contributed by atoms with Gasteiger partial charge in [0.05, 0.1) is 13.2 Å². The number of rotatable bonds is 4.